The lowest BCUT2D eigenvalue weighted by Gasteiger charge is -2.12. The van der Waals surface area contributed by atoms with Gasteiger partial charge in [-0.25, -0.2) is 26.3 Å². The highest BCUT2D eigenvalue weighted by Crippen LogP contribution is 2.15. The third-order valence-electron chi connectivity index (χ3n) is 2.61. The SMILES string of the molecule is CNS(=O)(=O)c1cccc(S(=O)(=O)NCC(=O)N(C)C)c1. The van der Waals surface area contributed by atoms with Crippen LogP contribution < -0.4 is 9.44 Å². The fourth-order valence-electron chi connectivity index (χ4n) is 1.32. The first-order chi connectivity index (χ1) is 9.60. The molecule has 0 radical (unpaired) electrons. The van der Waals surface area contributed by atoms with Crippen LogP contribution in [0.3, 0.4) is 0 Å². The average Bonchev–Trinajstić information content (AvgIpc) is 2.44. The highest BCUT2D eigenvalue weighted by Gasteiger charge is 2.19. The molecule has 1 aromatic carbocycles. The number of amides is 1. The summed E-state index contributed by atoms with van der Waals surface area (Å²) in [6.45, 7) is -0.404. The molecule has 1 aromatic rings. The van der Waals surface area contributed by atoms with Crippen LogP contribution in [0.5, 0.6) is 0 Å². The molecule has 0 spiro atoms. The number of rotatable bonds is 6. The van der Waals surface area contributed by atoms with Gasteiger partial charge in [0.1, 0.15) is 0 Å². The van der Waals surface area contributed by atoms with Crippen molar-refractivity contribution in [3.05, 3.63) is 24.3 Å². The Morgan fingerprint density at radius 2 is 1.62 bits per heavy atom. The van der Waals surface area contributed by atoms with Gasteiger partial charge in [-0.2, -0.15) is 0 Å². The predicted octanol–water partition coefficient (Wildman–Crippen LogP) is -1.04. The zero-order valence-corrected chi connectivity index (χ0v) is 13.5. The van der Waals surface area contributed by atoms with E-state index in [1.54, 1.807) is 0 Å². The van der Waals surface area contributed by atoms with E-state index in [0.717, 1.165) is 6.07 Å². The highest BCUT2D eigenvalue weighted by molar-refractivity contribution is 7.90. The molecule has 0 bridgehead atoms. The van der Waals surface area contributed by atoms with Crippen LogP contribution >= 0.6 is 0 Å². The van der Waals surface area contributed by atoms with Gasteiger partial charge in [0.25, 0.3) is 0 Å². The molecule has 1 rings (SSSR count). The van der Waals surface area contributed by atoms with Gasteiger partial charge in [0.15, 0.2) is 0 Å². The van der Waals surface area contributed by atoms with E-state index in [0.29, 0.717) is 0 Å². The van der Waals surface area contributed by atoms with E-state index in [1.165, 1.54) is 44.2 Å². The quantitative estimate of drug-likeness (QED) is 0.690. The third-order valence-corrected chi connectivity index (χ3v) is 5.42. The van der Waals surface area contributed by atoms with E-state index in [1.807, 2.05) is 0 Å². The van der Waals surface area contributed by atoms with Gasteiger partial charge < -0.3 is 4.90 Å². The molecule has 0 atom stereocenters. The van der Waals surface area contributed by atoms with E-state index in [4.69, 9.17) is 0 Å². The van der Waals surface area contributed by atoms with Crippen molar-refractivity contribution < 1.29 is 21.6 Å². The van der Waals surface area contributed by atoms with E-state index in [-0.39, 0.29) is 9.79 Å². The Morgan fingerprint density at radius 3 is 2.10 bits per heavy atom. The fourth-order valence-corrected chi connectivity index (χ4v) is 3.19. The Bertz CT molecular complexity index is 726. The number of hydrogen-bond donors (Lipinski definition) is 2. The van der Waals surface area contributed by atoms with E-state index in [9.17, 15) is 21.6 Å². The largest absolute Gasteiger partial charge is 0.348 e. The zero-order chi connectivity index (χ0) is 16.3. The molecule has 1 amide bonds. The lowest BCUT2D eigenvalue weighted by molar-refractivity contribution is -0.127. The maximum Gasteiger partial charge on any atom is 0.241 e. The Morgan fingerprint density at radius 1 is 1.10 bits per heavy atom. The minimum atomic E-state index is -3.97. The zero-order valence-electron chi connectivity index (χ0n) is 11.8. The molecule has 118 valence electrons. The predicted molar refractivity (Wildman–Crippen MR) is 76.6 cm³/mol. The van der Waals surface area contributed by atoms with Gasteiger partial charge >= 0.3 is 0 Å². The Kier molecular flexibility index (Phi) is 5.45. The Labute approximate surface area is 124 Å². The lowest BCUT2D eigenvalue weighted by Crippen LogP contribution is -2.36. The standard InChI is InChI=1S/C11H17N3O5S2/c1-12-20(16,17)9-5-4-6-10(7-9)21(18,19)13-8-11(15)14(2)3/h4-7,12-13H,8H2,1-3H3. The molecular weight excluding hydrogens is 318 g/mol. The minimum absolute atomic E-state index is 0.174. The monoisotopic (exact) mass is 335 g/mol. The summed E-state index contributed by atoms with van der Waals surface area (Å²) in [5, 5.41) is 0. The van der Waals surface area contributed by atoms with Crippen LogP contribution in [-0.4, -0.2) is 55.3 Å². The number of hydrogen-bond acceptors (Lipinski definition) is 5. The third kappa shape index (κ3) is 4.49. The summed E-state index contributed by atoms with van der Waals surface area (Å²) in [5.41, 5.74) is 0. The van der Waals surface area contributed by atoms with Crippen molar-refractivity contribution in [2.24, 2.45) is 0 Å². The number of likely N-dealkylation sites (N-methyl/N-ethyl adjacent to an activating group) is 1. The van der Waals surface area contributed by atoms with Crippen molar-refractivity contribution in [3.8, 4) is 0 Å². The molecule has 0 unspecified atom stereocenters. The van der Waals surface area contributed by atoms with Crippen molar-refractivity contribution in [2.45, 2.75) is 9.79 Å². The number of nitrogens with one attached hydrogen (secondary N) is 2. The second-order valence-corrected chi connectivity index (χ2v) is 7.95. The van der Waals surface area contributed by atoms with Crippen LogP contribution in [0.1, 0.15) is 0 Å². The van der Waals surface area contributed by atoms with Gasteiger partial charge in [0, 0.05) is 14.1 Å². The maximum atomic E-state index is 12.0. The molecule has 0 fully saturated rings. The molecule has 0 saturated carbocycles. The van der Waals surface area contributed by atoms with Crippen molar-refractivity contribution in [1.82, 2.24) is 14.3 Å². The summed E-state index contributed by atoms with van der Waals surface area (Å²) < 4.78 is 51.6. The molecule has 0 aliphatic carbocycles. The van der Waals surface area contributed by atoms with Crippen molar-refractivity contribution >= 4 is 26.0 Å². The number of nitrogens with zero attached hydrogens (tertiary/aromatic N) is 1. The van der Waals surface area contributed by atoms with Crippen LogP contribution in [0, 0.1) is 0 Å². The highest BCUT2D eigenvalue weighted by atomic mass is 32.2. The summed E-state index contributed by atoms with van der Waals surface area (Å²) >= 11 is 0. The van der Waals surface area contributed by atoms with Crippen LogP contribution in [0.4, 0.5) is 0 Å². The lowest BCUT2D eigenvalue weighted by atomic mass is 10.4. The molecule has 2 N–H and O–H groups in total. The fraction of sp³-hybridized carbons (Fsp3) is 0.364. The second kappa shape index (κ2) is 6.52. The van der Waals surface area contributed by atoms with E-state index in [2.05, 4.69) is 9.44 Å². The average molecular weight is 335 g/mol. The summed E-state index contributed by atoms with van der Waals surface area (Å²) in [6, 6.07) is 4.85. The molecule has 8 nitrogen and oxygen atoms in total. The first kappa shape index (κ1) is 17.6. The number of carbonyl (C=O) groups excluding carboxylic acids is 1. The van der Waals surface area contributed by atoms with Crippen molar-refractivity contribution in [2.75, 3.05) is 27.7 Å². The Hall–Kier alpha value is -1.49. The first-order valence-corrected chi connectivity index (χ1v) is 8.80. The van der Waals surface area contributed by atoms with Gasteiger partial charge in [-0.3, -0.25) is 4.79 Å². The number of benzene rings is 1. The summed E-state index contributed by atoms with van der Waals surface area (Å²) in [6.07, 6.45) is 0. The van der Waals surface area contributed by atoms with E-state index < -0.39 is 32.5 Å². The normalized spacial score (nSPS) is 12.1. The molecule has 21 heavy (non-hydrogen) atoms. The van der Waals surface area contributed by atoms with E-state index >= 15 is 0 Å². The summed E-state index contributed by atoms with van der Waals surface area (Å²) in [5.74, 6) is -0.419. The van der Waals surface area contributed by atoms with Crippen LogP contribution in [0.15, 0.2) is 34.1 Å². The maximum absolute atomic E-state index is 12.0. The van der Waals surface area contributed by atoms with Gasteiger partial charge in [-0.1, -0.05) is 6.07 Å². The molecule has 0 aliphatic rings. The Balaban J connectivity index is 3.05. The van der Waals surface area contributed by atoms with Crippen LogP contribution in [0.25, 0.3) is 0 Å². The number of sulfonamides is 2. The van der Waals surface area contributed by atoms with Gasteiger partial charge in [-0.05, 0) is 25.2 Å². The topological polar surface area (TPSA) is 113 Å². The second-order valence-electron chi connectivity index (χ2n) is 4.30. The van der Waals surface area contributed by atoms with Crippen molar-refractivity contribution in [3.63, 3.8) is 0 Å². The smallest absolute Gasteiger partial charge is 0.241 e. The van der Waals surface area contributed by atoms with Crippen molar-refractivity contribution in [1.29, 1.82) is 0 Å². The molecular formula is C11H17N3O5S2. The molecule has 0 aliphatic heterocycles. The molecule has 0 aromatic heterocycles. The molecule has 10 heteroatoms. The minimum Gasteiger partial charge on any atom is -0.348 e. The number of carbonyl (C=O) groups is 1. The van der Waals surface area contributed by atoms with Crippen LogP contribution in [0.2, 0.25) is 0 Å². The van der Waals surface area contributed by atoms with Crippen LogP contribution in [-0.2, 0) is 24.8 Å². The summed E-state index contributed by atoms with van der Waals surface area (Å²) in [4.78, 5) is 12.2. The van der Waals surface area contributed by atoms with Gasteiger partial charge in [-0.15, -0.1) is 0 Å². The summed E-state index contributed by atoms with van der Waals surface area (Å²) in [7, 11) is -3.49. The molecule has 0 heterocycles. The first-order valence-electron chi connectivity index (χ1n) is 5.83. The molecule has 0 saturated heterocycles. The van der Waals surface area contributed by atoms with Gasteiger partial charge in [0.05, 0.1) is 16.3 Å². The van der Waals surface area contributed by atoms with Gasteiger partial charge in [0.2, 0.25) is 26.0 Å².